The number of benzene rings is 1. The summed E-state index contributed by atoms with van der Waals surface area (Å²) in [5.41, 5.74) is 1.02. The minimum atomic E-state index is -0.361. The highest BCUT2D eigenvalue weighted by molar-refractivity contribution is 7.99. The molecule has 1 amide bonds. The van der Waals surface area contributed by atoms with Crippen LogP contribution in [-0.4, -0.2) is 27.8 Å². The summed E-state index contributed by atoms with van der Waals surface area (Å²) in [6, 6.07) is 7.26. The fourth-order valence-corrected chi connectivity index (χ4v) is 3.70. The Labute approximate surface area is 161 Å². The first-order valence-electron chi connectivity index (χ1n) is 8.35. The van der Waals surface area contributed by atoms with Gasteiger partial charge >= 0.3 is 0 Å². The second kappa shape index (κ2) is 8.14. The summed E-state index contributed by atoms with van der Waals surface area (Å²) in [6.07, 6.45) is 7.12. The second-order valence-electron chi connectivity index (χ2n) is 5.99. The number of rotatable bonds is 6. The number of hydrogen-bond acceptors (Lipinski definition) is 5. The third kappa shape index (κ3) is 3.91. The van der Waals surface area contributed by atoms with Gasteiger partial charge in [0.05, 0.1) is 5.56 Å². The van der Waals surface area contributed by atoms with Gasteiger partial charge in [0.15, 0.2) is 5.16 Å². The second-order valence-corrected chi connectivity index (χ2v) is 6.97. The highest BCUT2D eigenvalue weighted by atomic mass is 32.2. The molecule has 27 heavy (non-hydrogen) atoms. The van der Waals surface area contributed by atoms with Crippen molar-refractivity contribution in [2.75, 3.05) is 17.7 Å². The molecular weight excluding hydrogens is 362 g/mol. The van der Waals surface area contributed by atoms with Gasteiger partial charge in [-0.15, -0.1) is 13.0 Å². The summed E-state index contributed by atoms with van der Waals surface area (Å²) in [5.74, 6) is 3.67. The fraction of sp³-hybridized carbons (Fsp3) is 0.250. The lowest BCUT2D eigenvalue weighted by Gasteiger charge is -2.27. The fourth-order valence-electron chi connectivity index (χ4n) is 3.00. The van der Waals surface area contributed by atoms with Crippen molar-refractivity contribution in [2.24, 2.45) is 7.05 Å². The van der Waals surface area contributed by atoms with E-state index in [-0.39, 0.29) is 30.4 Å². The van der Waals surface area contributed by atoms with Crippen molar-refractivity contribution in [3.63, 3.8) is 0 Å². The van der Waals surface area contributed by atoms with Crippen LogP contribution in [0.4, 0.5) is 5.82 Å². The maximum absolute atomic E-state index is 12.7. The third-order valence-electron chi connectivity index (χ3n) is 4.24. The first-order valence-corrected chi connectivity index (χ1v) is 9.34. The van der Waals surface area contributed by atoms with Gasteiger partial charge in [-0.25, -0.2) is 0 Å². The van der Waals surface area contributed by atoms with E-state index in [1.54, 1.807) is 29.8 Å². The summed E-state index contributed by atoms with van der Waals surface area (Å²) >= 11 is 1.39. The smallest absolute Gasteiger partial charge is 0.279 e. The zero-order valence-electron chi connectivity index (χ0n) is 14.9. The van der Waals surface area contributed by atoms with Gasteiger partial charge in [-0.1, -0.05) is 35.9 Å². The molecule has 1 aliphatic rings. The van der Waals surface area contributed by atoms with Crippen molar-refractivity contribution in [2.45, 2.75) is 17.5 Å². The number of amides is 1. The molecule has 0 aliphatic carbocycles. The van der Waals surface area contributed by atoms with Crippen molar-refractivity contribution in [3.8, 4) is 18.1 Å². The first kappa shape index (κ1) is 18.8. The van der Waals surface area contributed by atoms with Crippen LogP contribution in [0.2, 0.25) is 0 Å². The number of aromatic nitrogens is 2. The first-order chi connectivity index (χ1) is 13.0. The molecule has 1 aliphatic heterocycles. The van der Waals surface area contributed by atoms with Crippen LogP contribution in [0.1, 0.15) is 23.5 Å². The molecule has 1 atom stereocenters. The highest BCUT2D eigenvalue weighted by Crippen LogP contribution is 2.36. The van der Waals surface area contributed by atoms with E-state index in [2.05, 4.69) is 22.8 Å². The average molecular weight is 381 g/mol. The van der Waals surface area contributed by atoms with E-state index in [4.69, 9.17) is 11.2 Å². The molecule has 7 heteroatoms. The lowest BCUT2D eigenvalue weighted by Crippen LogP contribution is -2.33. The molecule has 6 nitrogen and oxygen atoms in total. The van der Waals surface area contributed by atoms with Crippen molar-refractivity contribution in [1.29, 1.82) is 0 Å². The monoisotopic (exact) mass is 381 g/mol. The van der Waals surface area contributed by atoms with E-state index in [9.17, 15) is 9.59 Å². The van der Waals surface area contributed by atoms with Crippen LogP contribution in [0, 0.1) is 12.3 Å². The van der Waals surface area contributed by atoms with Gasteiger partial charge in [-0.3, -0.25) is 9.59 Å². The molecule has 0 radical (unpaired) electrons. The molecule has 0 saturated heterocycles. The molecule has 0 fully saturated rings. The lowest BCUT2D eigenvalue weighted by atomic mass is 9.87. The zero-order chi connectivity index (χ0) is 19.4. The standard InChI is InChI=1S/C20H19N3O3S/c1-4-10-26-14-8-6-13(7-9-14)15-12-16(24)21-18-17(15)19(25)22-20(23(18)3)27-11-5-2/h1,5-9,15H,2,10-12H2,3H3,(H,21,24)/t15-/m1/s1. The van der Waals surface area contributed by atoms with Gasteiger partial charge in [0, 0.05) is 25.1 Å². The topological polar surface area (TPSA) is 73.2 Å². The van der Waals surface area contributed by atoms with Gasteiger partial charge in [0.1, 0.15) is 18.2 Å². The molecule has 0 saturated carbocycles. The Morgan fingerprint density at radius 3 is 2.85 bits per heavy atom. The number of nitrogens with one attached hydrogen (secondary N) is 1. The Morgan fingerprint density at radius 2 is 2.19 bits per heavy atom. The number of terminal acetylenes is 1. The number of fused-ring (bicyclic) bond motifs is 1. The van der Waals surface area contributed by atoms with Gasteiger partial charge in [0.25, 0.3) is 5.56 Å². The van der Waals surface area contributed by atoms with Crippen LogP contribution >= 0.6 is 11.8 Å². The normalized spacial score (nSPS) is 15.4. The third-order valence-corrected chi connectivity index (χ3v) is 5.26. The lowest BCUT2D eigenvalue weighted by molar-refractivity contribution is -0.116. The van der Waals surface area contributed by atoms with Crippen molar-refractivity contribution in [3.05, 3.63) is 58.4 Å². The summed E-state index contributed by atoms with van der Waals surface area (Å²) in [6.45, 7) is 3.86. The predicted molar refractivity (Wildman–Crippen MR) is 106 cm³/mol. The molecule has 2 heterocycles. The minimum Gasteiger partial charge on any atom is -0.481 e. The van der Waals surface area contributed by atoms with Crippen LogP contribution in [-0.2, 0) is 11.8 Å². The van der Waals surface area contributed by atoms with Crippen molar-refractivity contribution in [1.82, 2.24) is 9.55 Å². The number of thioether (sulfide) groups is 1. The molecule has 3 rings (SSSR count). The van der Waals surface area contributed by atoms with Crippen LogP contribution < -0.4 is 15.6 Å². The Bertz CT molecular complexity index is 974. The van der Waals surface area contributed by atoms with Crippen LogP contribution in [0.5, 0.6) is 5.75 Å². The van der Waals surface area contributed by atoms with Gasteiger partial charge in [-0.05, 0) is 17.7 Å². The number of carbonyl (C=O) groups is 1. The Balaban J connectivity index is 2.02. The van der Waals surface area contributed by atoms with E-state index in [1.165, 1.54) is 11.8 Å². The van der Waals surface area contributed by atoms with Crippen LogP contribution in [0.15, 0.2) is 46.9 Å². The van der Waals surface area contributed by atoms with Gasteiger partial charge < -0.3 is 14.6 Å². The van der Waals surface area contributed by atoms with Crippen molar-refractivity contribution < 1.29 is 9.53 Å². The Kier molecular flexibility index (Phi) is 5.67. The van der Waals surface area contributed by atoms with E-state index in [0.29, 0.717) is 28.0 Å². The Morgan fingerprint density at radius 1 is 1.44 bits per heavy atom. The number of anilines is 1. The highest BCUT2D eigenvalue weighted by Gasteiger charge is 2.32. The molecule has 138 valence electrons. The quantitative estimate of drug-likeness (QED) is 0.360. The largest absolute Gasteiger partial charge is 0.481 e. The van der Waals surface area contributed by atoms with E-state index >= 15 is 0 Å². The number of ether oxygens (including phenoxy) is 1. The van der Waals surface area contributed by atoms with E-state index in [0.717, 1.165) is 5.56 Å². The molecule has 1 aromatic heterocycles. The summed E-state index contributed by atoms with van der Waals surface area (Å²) in [7, 11) is 1.79. The van der Waals surface area contributed by atoms with Crippen LogP contribution in [0.25, 0.3) is 0 Å². The number of nitrogens with zero attached hydrogens (tertiary/aromatic N) is 2. The van der Waals surface area contributed by atoms with Crippen LogP contribution in [0.3, 0.4) is 0 Å². The number of carbonyl (C=O) groups excluding carboxylic acids is 1. The maximum Gasteiger partial charge on any atom is 0.279 e. The molecule has 1 aromatic carbocycles. The average Bonchev–Trinajstić information content (AvgIpc) is 2.67. The Hall–Kier alpha value is -2.98. The molecule has 0 spiro atoms. The van der Waals surface area contributed by atoms with Gasteiger partial charge in [0.2, 0.25) is 5.91 Å². The molecular formula is C20H19N3O3S. The van der Waals surface area contributed by atoms with Crippen molar-refractivity contribution >= 4 is 23.5 Å². The molecule has 0 bridgehead atoms. The summed E-state index contributed by atoms with van der Waals surface area (Å²) in [4.78, 5) is 29.2. The molecule has 1 N–H and O–H groups in total. The number of hydrogen-bond donors (Lipinski definition) is 1. The summed E-state index contributed by atoms with van der Waals surface area (Å²) in [5, 5.41) is 3.36. The van der Waals surface area contributed by atoms with E-state index < -0.39 is 0 Å². The van der Waals surface area contributed by atoms with Gasteiger partial charge in [-0.2, -0.15) is 4.98 Å². The zero-order valence-corrected chi connectivity index (χ0v) is 15.7. The summed E-state index contributed by atoms with van der Waals surface area (Å²) < 4.78 is 7.13. The predicted octanol–water partition coefficient (Wildman–Crippen LogP) is 2.54. The van der Waals surface area contributed by atoms with E-state index in [1.807, 2.05) is 12.1 Å². The minimum absolute atomic E-state index is 0.138. The maximum atomic E-state index is 12.7. The molecule has 2 aromatic rings. The molecule has 0 unspecified atom stereocenters. The SMILES string of the molecule is C#CCOc1ccc([C@H]2CC(=O)Nc3c2c(=O)nc(SCC=C)n3C)cc1.